The predicted molar refractivity (Wildman–Crippen MR) is 56.4 cm³/mol. The van der Waals surface area contributed by atoms with Crippen molar-refractivity contribution in [3.63, 3.8) is 0 Å². The first-order chi connectivity index (χ1) is 7.27. The van der Waals surface area contributed by atoms with E-state index in [2.05, 4.69) is 0 Å². The quantitative estimate of drug-likeness (QED) is 0.508. The summed E-state index contributed by atoms with van der Waals surface area (Å²) < 4.78 is 5.05. The van der Waals surface area contributed by atoms with Crippen LogP contribution in [0.1, 0.15) is 12.0 Å². The number of aliphatic hydroxyl groups excluding tert-OH is 1. The molecule has 1 rings (SSSR count). The molecular formula is C10H12BNO3. The van der Waals surface area contributed by atoms with Crippen LogP contribution in [0, 0.1) is 11.3 Å². The molecule has 0 aromatic heterocycles. The molecule has 5 heteroatoms. The Morgan fingerprint density at radius 2 is 2.27 bits per heavy atom. The van der Waals surface area contributed by atoms with Gasteiger partial charge in [-0.3, -0.25) is 0 Å². The van der Waals surface area contributed by atoms with E-state index in [0.29, 0.717) is 17.4 Å². The lowest BCUT2D eigenvalue weighted by Gasteiger charge is -2.07. The highest BCUT2D eigenvalue weighted by atomic mass is 16.5. The van der Waals surface area contributed by atoms with Crippen LogP contribution < -0.4 is 5.46 Å². The summed E-state index contributed by atoms with van der Waals surface area (Å²) in [5, 5.41) is 26.7. The first-order valence-corrected chi connectivity index (χ1v) is 4.68. The fourth-order valence-corrected chi connectivity index (χ4v) is 1.12. The Morgan fingerprint density at radius 3 is 2.93 bits per heavy atom. The predicted octanol–water partition coefficient (Wildman–Crippen LogP) is -0.355. The first kappa shape index (κ1) is 11.7. The molecule has 0 heterocycles. The lowest BCUT2D eigenvalue weighted by Crippen LogP contribution is -2.34. The van der Waals surface area contributed by atoms with E-state index in [-0.39, 0.29) is 13.2 Å². The largest absolute Gasteiger partial charge is 0.491 e. The second kappa shape index (κ2) is 6.20. The summed E-state index contributed by atoms with van der Waals surface area (Å²) in [5.41, 5.74) is 1.03. The van der Waals surface area contributed by atoms with E-state index >= 15 is 0 Å². The highest BCUT2D eigenvalue weighted by Gasteiger charge is 2.15. The van der Waals surface area contributed by atoms with Crippen LogP contribution in [-0.4, -0.2) is 30.5 Å². The number of benzene rings is 1. The smallest absolute Gasteiger partial charge is 0.423 e. The summed E-state index contributed by atoms with van der Waals surface area (Å²) in [6.45, 7) is 0.319. The van der Waals surface area contributed by atoms with Gasteiger partial charge in [-0.1, -0.05) is 12.1 Å². The van der Waals surface area contributed by atoms with Crippen LogP contribution in [0.15, 0.2) is 24.3 Å². The first-order valence-electron chi connectivity index (χ1n) is 4.68. The monoisotopic (exact) mass is 205 g/mol. The maximum Gasteiger partial charge on any atom is 0.491 e. The Bertz CT molecular complexity index is 351. The SMILES string of the molecule is N#Cc1cccc(B(O)OCCCO)c1. The van der Waals surface area contributed by atoms with Crippen molar-refractivity contribution in [2.75, 3.05) is 13.2 Å². The van der Waals surface area contributed by atoms with Crippen LogP contribution in [0.3, 0.4) is 0 Å². The molecule has 0 amide bonds. The number of nitrogens with zero attached hydrogens (tertiary/aromatic N) is 1. The summed E-state index contributed by atoms with van der Waals surface area (Å²) >= 11 is 0. The molecule has 2 N–H and O–H groups in total. The van der Waals surface area contributed by atoms with Crippen LogP contribution in [-0.2, 0) is 4.65 Å². The van der Waals surface area contributed by atoms with E-state index < -0.39 is 7.12 Å². The molecule has 15 heavy (non-hydrogen) atoms. The van der Waals surface area contributed by atoms with Gasteiger partial charge in [0, 0.05) is 13.2 Å². The Hall–Kier alpha value is -1.35. The molecule has 0 bridgehead atoms. The van der Waals surface area contributed by atoms with Gasteiger partial charge in [0.2, 0.25) is 0 Å². The lowest BCUT2D eigenvalue weighted by atomic mass is 9.79. The molecule has 0 aliphatic rings. The van der Waals surface area contributed by atoms with Crippen LogP contribution in [0.5, 0.6) is 0 Å². The van der Waals surface area contributed by atoms with Crippen LogP contribution >= 0.6 is 0 Å². The summed E-state index contributed by atoms with van der Waals surface area (Å²) in [5.74, 6) is 0. The van der Waals surface area contributed by atoms with Crippen molar-refractivity contribution >= 4 is 12.6 Å². The zero-order chi connectivity index (χ0) is 11.1. The summed E-state index contributed by atoms with van der Waals surface area (Å²) in [6.07, 6.45) is 0.481. The Labute approximate surface area is 88.9 Å². The van der Waals surface area contributed by atoms with E-state index in [4.69, 9.17) is 15.0 Å². The van der Waals surface area contributed by atoms with Gasteiger partial charge in [0.25, 0.3) is 0 Å². The van der Waals surface area contributed by atoms with Gasteiger partial charge in [0.05, 0.1) is 11.6 Å². The molecule has 0 spiro atoms. The van der Waals surface area contributed by atoms with E-state index in [1.807, 2.05) is 6.07 Å². The second-order valence-corrected chi connectivity index (χ2v) is 3.04. The molecule has 0 unspecified atom stereocenters. The second-order valence-electron chi connectivity index (χ2n) is 3.04. The van der Waals surface area contributed by atoms with Crippen molar-refractivity contribution in [3.8, 4) is 6.07 Å². The molecule has 0 aliphatic carbocycles. The third-order valence-corrected chi connectivity index (χ3v) is 1.88. The number of hydrogen-bond donors (Lipinski definition) is 2. The van der Waals surface area contributed by atoms with Gasteiger partial charge < -0.3 is 14.8 Å². The van der Waals surface area contributed by atoms with Crippen molar-refractivity contribution in [2.45, 2.75) is 6.42 Å². The van der Waals surface area contributed by atoms with Crippen LogP contribution in [0.2, 0.25) is 0 Å². The van der Waals surface area contributed by atoms with E-state index in [1.54, 1.807) is 24.3 Å². The average Bonchev–Trinajstić information content (AvgIpc) is 2.29. The van der Waals surface area contributed by atoms with Crippen molar-refractivity contribution in [2.24, 2.45) is 0 Å². The van der Waals surface area contributed by atoms with E-state index in [9.17, 15) is 5.02 Å². The normalized spacial score (nSPS) is 9.67. The van der Waals surface area contributed by atoms with Gasteiger partial charge in [-0.25, -0.2) is 0 Å². The van der Waals surface area contributed by atoms with E-state index in [1.165, 1.54) is 0 Å². The van der Waals surface area contributed by atoms with Crippen molar-refractivity contribution in [1.82, 2.24) is 0 Å². The van der Waals surface area contributed by atoms with Crippen LogP contribution in [0.25, 0.3) is 0 Å². The van der Waals surface area contributed by atoms with Gasteiger partial charge in [-0.2, -0.15) is 5.26 Å². The molecule has 1 aromatic rings. The maximum atomic E-state index is 9.55. The molecule has 78 valence electrons. The lowest BCUT2D eigenvalue weighted by molar-refractivity contribution is 0.216. The summed E-state index contributed by atoms with van der Waals surface area (Å²) in [4.78, 5) is 0. The average molecular weight is 205 g/mol. The van der Waals surface area contributed by atoms with Gasteiger partial charge >= 0.3 is 7.12 Å². The number of hydrogen-bond acceptors (Lipinski definition) is 4. The molecule has 0 aliphatic heterocycles. The number of rotatable bonds is 5. The third-order valence-electron chi connectivity index (χ3n) is 1.88. The third kappa shape index (κ3) is 3.72. The molecule has 0 saturated heterocycles. The van der Waals surface area contributed by atoms with Crippen molar-refractivity contribution in [3.05, 3.63) is 29.8 Å². The molecule has 0 atom stereocenters. The van der Waals surface area contributed by atoms with Crippen molar-refractivity contribution < 1.29 is 14.8 Å². The fraction of sp³-hybridized carbons (Fsp3) is 0.300. The van der Waals surface area contributed by atoms with Crippen molar-refractivity contribution in [1.29, 1.82) is 5.26 Å². The molecule has 1 aromatic carbocycles. The zero-order valence-electron chi connectivity index (χ0n) is 8.26. The standard InChI is InChI=1S/C10H12BNO3/c12-8-9-3-1-4-10(7-9)11(14)15-6-2-5-13/h1,3-4,7,13-14H,2,5-6H2. The Balaban J connectivity index is 2.57. The highest BCUT2D eigenvalue weighted by molar-refractivity contribution is 6.60. The topological polar surface area (TPSA) is 73.5 Å². The number of nitriles is 1. The van der Waals surface area contributed by atoms with Gasteiger partial charge in [0.15, 0.2) is 0 Å². The van der Waals surface area contributed by atoms with Gasteiger partial charge in [-0.15, -0.1) is 0 Å². The van der Waals surface area contributed by atoms with Gasteiger partial charge in [-0.05, 0) is 24.0 Å². The van der Waals surface area contributed by atoms with E-state index in [0.717, 1.165) is 0 Å². The minimum atomic E-state index is -1.04. The summed E-state index contributed by atoms with van der Waals surface area (Å²) in [7, 11) is -1.04. The molecule has 0 saturated carbocycles. The minimum absolute atomic E-state index is 0.0327. The molecular weight excluding hydrogens is 193 g/mol. The fourth-order valence-electron chi connectivity index (χ4n) is 1.12. The number of aliphatic hydroxyl groups is 1. The molecule has 4 nitrogen and oxygen atoms in total. The van der Waals surface area contributed by atoms with Crippen LogP contribution in [0.4, 0.5) is 0 Å². The maximum absolute atomic E-state index is 9.55. The highest BCUT2D eigenvalue weighted by Crippen LogP contribution is 1.96. The molecule has 0 fully saturated rings. The zero-order valence-corrected chi connectivity index (χ0v) is 8.26. The van der Waals surface area contributed by atoms with Gasteiger partial charge in [0.1, 0.15) is 0 Å². The Morgan fingerprint density at radius 1 is 1.47 bits per heavy atom. The molecule has 0 radical (unpaired) electrons. The Kier molecular flexibility index (Phi) is 4.85. The summed E-state index contributed by atoms with van der Waals surface area (Å²) in [6, 6.07) is 8.58. The minimum Gasteiger partial charge on any atom is -0.423 e.